The maximum Gasteiger partial charge on any atom is 0.296 e. The lowest BCUT2D eigenvalue weighted by atomic mass is 10.1. The van der Waals surface area contributed by atoms with E-state index in [1.165, 1.54) is 0 Å². The molecule has 0 unspecified atom stereocenters. The number of para-hydroxylation sites is 2. The lowest BCUT2D eigenvalue weighted by Gasteiger charge is -2.24. The van der Waals surface area contributed by atoms with Crippen LogP contribution in [0.4, 0.5) is 5.95 Å². The van der Waals surface area contributed by atoms with Crippen molar-refractivity contribution in [3.8, 4) is 0 Å². The van der Waals surface area contributed by atoms with E-state index in [4.69, 9.17) is 4.52 Å². The van der Waals surface area contributed by atoms with Crippen molar-refractivity contribution >= 4 is 22.9 Å². The zero-order valence-electron chi connectivity index (χ0n) is 13.0. The summed E-state index contributed by atoms with van der Waals surface area (Å²) < 4.78 is 7.00. The number of hydrogen-bond donors (Lipinski definition) is 1. The number of benzene rings is 1. The summed E-state index contributed by atoms with van der Waals surface area (Å²) in [5, 5.41) is 6.55. The van der Waals surface area contributed by atoms with Gasteiger partial charge in [-0.15, -0.1) is 0 Å². The van der Waals surface area contributed by atoms with Crippen molar-refractivity contribution in [1.29, 1.82) is 0 Å². The summed E-state index contributed by atoms with van der Waals surface area (Å²) in [5.41, 5.74) is 2.24. The van der Waals surface area contributed by atoms with E-state index < -0.39 is 0 Å². The van der Waals surface area contributed by atoms with Crippen molar-refractivity contribution in [3.63, 3.8) is 0 Å². The third-order valence-electron chi connectivity index (χ3n) is 3.31. The number of imidazole rings is 1. The summed E-state index contributed by atoms with van der Waals surface area (Å²) in [5.74, 6) is 0.305. The molecular formula is C16H18N4O2. The number of carbonyl (C=O) groups is 1. The minimum absolute atomic E-state index is 0.171. The number of aryl methyl sites for hydroxylation is 1. The molecule has 1 N–H and O–H groups in total. The molecule has 114 valence electrons. The van der Waals surface area contributed by atoms with Gasteiger partial charge in [0.25, 0.3) is 5.91 Å². The van der Waals surface area contributed by atoms with Gasteiger partial charge in [0.1, 0.15) is 0 Å². The molecule has 6 nitrogen and oxygen atoms in total. The van der Waals surface area contributed by atoms with Gasteiger partial charge in [-0.3, -0.25) is 10.1 Å². The van der Waals surface area contributed by atoms with Gasteiger partial charge in [-0.1, -0.05) is 17.3 Å². The number of nitrogens with one attached hydrogen (secondary N) is 1. The molecular weight excluding hydrogens is 280 g/mol. The molecule has 1 aromatic carbocycles. The average Bonchev–Trinajstić information content (AvgIpc) is 3.00. The zero-order valence-corrected chi connectivity index (χ0v) is 13.0. The Morgan fingerprint density at radius 1 is 1.27 bits per heavy atom. The number of carbonyl (C=O) groups excluding carboxylic acids is 1. The van der Waals surface area contributed by atoms with Crippen LogP contribution in [0.5, 0.6) is 0 Å². The van der Waals surface area contributed by atoms with E-state index in [2.05, 4.69) is 36.2 Å². The normalized spacial score (nSPS) is 11.8. The van der Waals surface area contributed by atoms with E-state index >= 15 is 0 Å². The maximum absolute atomic E-state index is 12.3. The Morgan fingerprint density at radius 3 is 2.64 bits per heavy atom. The van der Waals surface area contributed by atoms with Crippen LogP contribution in [0.25, 0.3) is 11.0 Å². The van der Waals surface area contributed by atoms with Crippen LogP contribution in [0.2, 0.25) is 0 Å². The number of hydrogen-bond acceptors (Lipinski definition) is 4. The molecule has 0 spiro atoms. The fourth-order valence-electron chi connectivity index (χ4n) is 2.42. The number of fused-ring (bicyclic) bond motifs is 1. The Kier molecular flexibility index (Phi) is 3.24. The van der Waals surface area contributed by atoms with Gasteiger partial charge in [0.15, 0.2) is 0 Å². The molecule has 2 aromatic heterocycles. The molecule has 0 aliphatic heterocycles. The van der Waals surface area contributed by atoms with Gasteiger partial charge in [-0.05, 0) is 39.8 Å². The molecule has 0 bridgehead atoms. The highest BCUT2D eigenvalue weighted by atomic mass is 16.5. The van der Waals surface area contributed by atoms with Crippen molar-refractivity contribution in [2.75, 3.05) is 5.32 Å². The van der Waals surface area contributed by atoms with Crippen LogP contribution in [0.15, 0.2) is 34.9 Å². The summed E-state index contributed by atoms with van der Waals surface area (Å²) in [4.78, 5) is 16.8. The molecule has 1 amide bonds. The molecule has 0 saturated heterocycles. The standard InChI is InChI=1S/C16H18N4O2/c1-10-9-13(22-19-10)14(21)18-15-17-11-7-5-6-8-12(11)20(15)16(2,3)4/h5-9H,1-4H3,(H,17,18,21). The van der Waals surface area contributed by atoms with Crippen molar-refractivity contribution in [2.24, 2.45) is 0 Å². The second-order valence-electron chi connectivity index (χ2n) is 6.22. The van der Waals surface area contributed by atoms with E-state index in [0.29, 0.717) is 11.6 Å². The predicted octanol–water partition coefficient (Wildman–Crippen LogP) is 3.34. The van der Waals surface area contributed by atoms with Crippen LogP contribution in [-0.4, -0.2) is 20.6 Å². The SMILES string of the molecule is Cc1cc(C(=O)Nc2nc3ccccc3n2C(C)(C)C)on1. The first-order valence-electron chi connectivity index (χ1n) is 7.09. The molecule has 0 saturated carbocycles. The predicted molar refractivity (Wildman–Crippen MR) is 83.9 cm³/mol. The van der Waals surface area contributed by atoms with Crippen molar-refractivity contribution in [1.82, 2.24) is 14.7 Å². The van der Waals surface area contributed by atoms with Crippen LogP contribution in [0.1, 0.15) is 37.0 Å². The summed E-state index contributed by atoms with van der Waals surface area (Å²) in [6.45, 7) is 7.96. The van der Waals surface area contributed by atoms with Gasteiger partial charge in [0.2, 0.25) is 11.7 Å². The van der Waals surface area contributed by atoms with Gasteiger partial charge in [-0.2, -0.15) is 0 Å². The van der Waals surface area contributed by atoms with Gasteiger partial charge >= 0.3 is 0 Å². The lowest BCUT2D eigenvalue weighted by Crippen LogP contribution is -2.25. The van der Waals surface area contributed by atoms with Gasteiger partial charge < -0.3 is 9.09 Å². The minimum atomic E-state index is -0.360. The van der Waals surface area contributed by atoms with Crippen molar-refractivity contribution in [2.45, 2.75) is 33.2 Å². The third kappa shape index (κ3) is 2.47. The Balaban J connectivity index is 2.05. The van der Waals surface area contributed by atoms with Crippen LogP contribution in [0.3, 0.4) is 0 Å². The monoisotopic (exact) mass is 298 g/mol. The fourth-order valence-corrected chi connectivity index (χ4v) is 2.42. The van der Waals surface area contributed by atoms with Gasteiger partial charge in [0.05, 0.1) is 16.7 Å². The number of anilines is 1. The molecule has 3 aromatic rings. The lowest BCUT2D eigenvalue weighted by molar-refractivity contribution is 0.0986. The van der Waals surface area contributed by atoms with E-state index in [1.807, 2.05) is 28.8 Å². The maximum atomic E-state index is 12.3. The second-order valence-corrected chi connectivity index (χ2v) is 6.22. The van der Waals surface area contributed by atoms with Crippen molar-refractivity contribution < 1.29 is 9.32 Å². The Labute approximate surface area is 128 Å². The molecule has 3 rings (SSSR count). The summed E-state index contributed by atoms with van der Waals surface area (Å²) >= 11 is 0. The molecule has 0 aliphatic carbocycles. The molecule has 0 aliphatic rings. The molecule has 0 fully saturated rings. The van der Waals surface area contributed by atoms with Crippen molar-refractivity contribution in [3.05, 3.63) is 41.8 Å². The summed E-state index contributed by atoms with van der Waals surface area (Å²) in [6.07, 6.45) is 0. The molecule has 6 heteroatoms. The fraction of sp³-hybridized carbons (Fsp3) is 0.312. The first kappa shape index (κ1) is 14.3. The number of aromatic nitrogens is 3. The highest BCUT2D eigenvalue weighted by Crippen LogP contribution is 2.28. The van der Waals surface area contributed by atoms with E-state index in [9.17, 15) is 4.79 Å². The average molecular weight is 298 g/mol. The second kappa shape index (κ2) is 4.98. The van der Waals surface area contributed by atoms with E-state index in [0.717, 1.165) is 11.0 Å². The molecule has 0 radical (unpaired) electrons. The number of rotatable bonds is 2. The molecule has 22 heavy (non-hydrogen) atoms. The van der Waals surface area contributed by atoms with E-state index in [1.54, 1.807) is 13.0 Å². The van der Waals surface area contributed by atoms with Gasteiger partial charge in [-0.25, -0.2) is 4.98 Å². The van der Waals surface area contributed by atoms with E-state index in [-0.39, 0.29) is 17.2 Å². The van der Waals surface area contributed by atoms with Crippen LogP contribution < -0.4 is 5.32 Å². The summed E-state index contributed by atoms with van der Waals surface area (Å²) in [6, 6.07) is 9.39. The minimum Gasteiger partial charge on any atom is -0.351 e. The highest BCUT2D eigenvalue weighted by Gasteiger charge is 2.23. The number of nitrogens with zero attached hydrogens (tertiary/aromatic N) is 3. The largest absolute Gasteiger partial charge is 0.351 e. The third-order valence-corrected chi connectivity index (χ3v) is 3.31. The zero-order chi connectivity index (χ0) is 15.9. The quantitative estimate of drug-likeness (QED) is 0.787. The molecule has 0 atom stereocenters. The van der Waals surface area contributed by atoms with Crippen LogP contribution in [-0.2, 0) is 5.54 Å². The first-order chi connectivity index (χ1) is 10.4. The Bertz CT molecular complexity index is 839. The smallest absolute Gasteiger partial charge is 0.296 e. The number of amides is 1. The van der Waals surface area contributed by atoms with Crippen LogP contribution >= 0.6 is 0 Å². The Morgan fingerprint density at radius 2 is 2.00 bits per heavy atom. The topological polar surface area (TPSA) is 73.0 Å². The van der Waals surface area contributed by atoms with Crippen LogP contribution in [0, 0.1) is 6.92 Å². The first-order valence-corrected chi connectivity index (χ1v) is 7.09. The highest BCUT2D eigenvalue weighted by molar-refractivity contribution is 6.02. The Hall–Kier alpha value is -2.63. The molecule has 2 heterocycles. The summed E-state index contributed by atoms with van der Waals surface area (Å²) in [7, 11) is 0. The van der Waals surface area contributed by atoms with Gasteiger partial charge in [0, 0.05) is 11.6 Å².